The van der Waals surface area contributed by atoms with Crippen LogP contribution in [0.2, 0.25) is 5.02 Å². The SMILES string of the molecule is NC(/C=C\NCc1ccc(O)cc1Cl)=NC(=O)c1c(F)cccc1F. The van der Waals surface area contributed by atoms with Gasteiger partial charge in [-0.3, -0.25) is 4.79 Å². The van der Waals surface area contributed by atoms with E-state index in [0.717, 1.165) is 23.8 Å². The molecule has 0 bridgehead atoms. The number of nitrogens with one attached hydrogen (secondary N) is 1. The Labute approximate surface area is 147 Å². The first kappa shape index (κ1) is 18.4. The van der Waals surface area contributed by atoms with Crippen LogP contribution in [0.3, 0.4) is 0 Å². The van der Waals surface area contributed by atoms with Gasteiger partial charge in [-0.1, -0.05) is 23.7 Å². The summed E-state index contributed by atoms with van der Waals surface area (Å²) in [6.45, 7) is 0.332. The Hall–Kier alpha value is -2.93. The summed E-state index contributed by atoms with van der Waals surface area (Å²) in [4.78, 5) is 15.2. The fourth-order valence-corrected chi connectivity index (χ4v) is 2.15. The summed E-state index contributed by atoms with van der Waals surface area (Å²) < 4.78 is 27.0. The molecular weight excluding hydrogens is 352 g/mol. The zero-order chi connectivity index (χ0) is 18.4. The molecule has 4 N–H and O–H groups in total. The minimum atomic E-state index is -1.11. The molecule has 0 atom stereocenters. The highest BCUT2D eigenvalue weighted by molar-refractivity contribution is 6.31. The maximum atomic E-state index is 13.5. The number of carbonyl (C=O) groups excluding carboxylic acids is 1. The third kappa shape index (κ3) is 5.02. The van der Waals surface area contributed by atoms with E-state index in [1.54, 1.807) is 6.07 Å². The quantitative estimate of drug-likeness (QED) is 0.561. The van der Waals surface area contributed by atoms with E-state index in [2.05, 4.69) is 10.3 Å². The highest BCUT2D eigenvalue weighted by Crippen LogP contribution is 2.21. The van der Waals surface area contributed by atoms with E-state index in [-0.39, 0.29) is 11.6 Å². The second-order valence-corrected chi connectivity index (χ2v) is 5.34. The van der Waals surface area contributed by atoms with Gasteiger partial charge in [0.15, 0.2) is 0 Å². The summed E-state index contributed by atoms with van der Waals surface area (Å²) >= 11 is 5.95. The molecule has 0 aromatic heterocycles. The van der Waals surface area contributed by atoms with Gasteiger partial charge in [-0.2, -0.15) is 4.99 Å². The molecule has 8 heteroatoms. The van der Waals surface area contributed by atoms with E-state index in [1.165, 1.54) is 24.4 Å². The maximum absolute atomic E-state index is 13.5. The predicted octanol–water partition coefficient (Wildman–Crippen LogP) is 3.12. The molecule has 0 saturated heterocycles. The molecule has 25 heavy (non-hydrogen) atoms. The van der Waals surface area contributed by atoms with E-state index in [9.17, 15) is 18.7 Å². The van der Waals surface area contributed by atoms with E-state index in [4.69, 9.17) is 17.3 Å². The molecule has 0 aliphatic heterocycles. The number of nitrogens with zero attached hydrogens (tertiary/aromatic N) is 1. The second kappa shape index (κ2) is 8.25. The second-order valence-electron chi connectivity index (χ2n) is 4.93. The summed E-state index contributed by atoms with van der Waals surface area (Å²) in [6, 6.07) is 7.60. The summed E-state index contributed by atoms with van der Waals surface area (Å²) in [6.07, 6.45) is 2.68. The molecule has 0 heterocycles. The number of amides is 1. The monoisotopic (exact) mass is 365 g/mol. The number of nitrogens with two attached hydrogens (primary N) is 1. The summed E-state index contributed by atoms with van der Waals surface area (Å²) in [7, 11) is 0. The van der Waals surface area contributed by atoms with Gasteiger partial charge in [0.1, 0.15) is 28.8 Å². The zero-order valence-electron chi connectivity index (χ0n) is 12.8. The normalized spacial score (nSPS) is 11.7. The number of hydrogen-bond acceptors (Lipinski definition) is 3. The topological polar surface area (TPSA) is 87.7 Å². The third-order valence-electron chi connectivity index (χ3n) is 3.11. The molecule has 0 radical (unpaired) electrons. The largest absolute Gasteiger partial charge is 0.508 e. The van der Waals surface area contributed by atoms with Crippen molar-refractivity contribution in [2.45, 2.75) is 6.54 Å². The lowest BCUT2D eigenvalue weighted by atomic mass is 10.2. The number of amidine groups is 1. The highest BCUT2D eigenvalue weighted by atomic mass is 35.5. The van der Waals surface area contributed by atoms with Gasteiger partial charge in [0, 0.05) is 17.8 Å². The van der Waals surface area contributed by atoms with Crippen LogP contribution in [0.25, 0.3) is 0 Å². The van der Waals surface area contributed by atoms with Crippen molar-refractivity contribution in [3.8, 4) is 5.75 Å². The van der Waals surface area contributed by atoms with Gasteiger partial charge in [0.25, 0.3) is 5.91 Å². The molecule has 0 aliphatic rings. The van der Waals surface area contributed by atoms with Gasteiger partial charge in [0.05, 0.1) is 0 Å². The Balaban J connectivity index is 1.98. The lowest BCUT2D eigenvalue weighted by Crippen LogP contribution is -2.14. The lowest BCUT2D eigenvalue weighted by Gasteiger charge is -2.04. The fourth-order valence-electron chi connectivity index (χ4n) is 1.91. The summed E-state index contributed by atoms with van der Waals surface area (Å²) in [5.41, 5.74) is 5.50. The molecule has 2 aromatic carbocycles. The van der Waals surface area contributed by atoms with Crippen LogP contribution < -0.4 is 11.1 Å². The fraction of sp³-hybridized carbons (Fsp3) is 0.0588. The molecule has 0 unspecified atom stereocenters. The average molecular weight is 366 g/mol. The highest BCUT2D eigenvalue weighted by Gasteiger charge is 2.16. The van der Waals surface area contributed by atoms with Crippen LogP contribution in [0.15, 0.2) is 53.7 Å². The van der Waals surface area contributed by atoms with E-state index >= 15 is 0 Å². The average Bonchev–Trinajstić information content (AvgIpc) is 2.53. The molecule has 1 amide bonds. The minimum Gasteiger partial charge on any atom is -0.508 e. The smallest absolute Gasteiger partial charge is 0.284 e. The standard InChI is InChI=1S/C17H14ClF2N3O2/c18-12-8-11(24)5-4-10(12)9-22-7-6-15(21)23-17(25)16-13(19)2-1-3-14(16)20/h1-8,22,24H,9H2,(H2,21,23,25)/b7-6-. The van der Waals surface area contributed by atoms with Crippen LogP contribution >= 0.6 is 11.6 Å². The molecule has 130 valence electrons. The number of halogens is 3. The zero-order valence-corrected chi connectivity index (χ0v) is 13.6. The maximum Gasteiger partial charge on any atom is 0.284 e. The third-order valence-corrected chi connectivity index (χ3v) is 3.46. The van der Waals surface area contributed by atoms with Gasteiger partial charge in [-0.25, -0.2) is 8.78 Å². The first-order valence-corrected chi connectivity index (χ1v) is 7.46. The van der Waals surface area contributed by atoms with Crippen molar-refractivity contribution < 1.29 is 18.7 Å². The predicted molar refractivity (Wildman–Crippen MR) is 91.4 cm³/mol. The molecule has 2 rings (SSSR count). The van der Waals surface area contributed by atoms with Crippen LogP contribution in [0.4, 0.5) is 8.78 Å². The van der Waals surface area contributed by atoms with Crippen LogP contribution in [-0.4, -0.2) is 16.8 Å². The van der Waals surface area contributed by atoms with Gasteiger partial charge >= 0.3 is 0 Å². The van der Waals surface area contributed by atoms with Gasteiger partial charge < -0.3 is 16.2 Å². The first-order chi connectivity index (χ1) is 11.9. The van der Waals surface area contributed by atoms with Gasteiger partial charge in [-0.05, 0) is 35.9 Å². The van der Waals surface area contributed by atoms with Crippen molar-refractivity contribution in [3.05, 3.63) is 76.5 Å². The number of benzene rings is 2. The Kier molecular flexibility index (Phi) is 6.08. The van der Waals surface area contributed by atoms with Crippen molar-refractivity contribution in [1.29, 1.82) is 0 Å². The number of aliphatic imine (C=N–C) groups is 1. The van der Waals surface area contributed by atoms with E-state index in [0.29, 0.717) is 11.6 Å². The molecule has 0 spiro atoms. The van der Waals surface area contributed by atoms with Crippen molar-refractivity contribution in [2.75, 3.05) is 0 Å². The van der Waals surface area contributed by atoms with Crippen molar-refractivity contribution in [1.82, 2.24) is 5.32 Å². The molecule has 0 aliphatic carbocycles. The van der Waals surface area contributed by atoms with Gasteiger partial charge in [-0.15, -0.1) is 0 Å². The number of phenols is 1. The minimum absolute atomic E-state index is 0.0551. The summed E-state index contributed by atoms with van der Waals surface area (Å²) in [5, 5.41) is 12.5. The van der Waals surface area contributed by atoms with Crippen molar-refractivity contribution in [3.63, 3.8) is 0 Å². The van der Waals surface area contributed by atoms with Crippen molar-refractivity contribution >= 4 is 23.3 Å². The molecule has 2 aromatic rings. The Morgan fingerprint density at radius 3 is 2.60 bits per heavy atom. The molecule has 0 saturated carbocycles. The number of aromatic hydroxyl groups is 1. The lowest BCUT2D eigenvalue weighted by molar-refractivity contribution is 0.0995. The van der Waals surface area contributed by atoms with E-state index in [1.807, 2.05) is 0 Å². The summed E-state index contributed by atoms with van der Waals surface area (Å²) in [5.74, 6) is -3.30. The Morgan fingerprint density at radius 2 is 1.96 bits per heavy atom. The van der Waals surface area contributed by atoms with Crippen LogP contribution in [-0.2, 0) is 6.54 Å². The molecule has 5 nitrogen and oxygen atoms in total. The van der Waals surface area contributed by atoms with Gasteiger partial charge in [0.2, 0.25) is 0 Å². The van der Waals surface area contributed by atoms with E-state index < -0.39 is 23.1 Å². The first-order valence-electron chi connectivity index (χ1n) is 7.08. The van der Waals surface area contributed by atoms with Crippen molar-refractivity contribution in [2.24, 2.45) is 10.7 Å². The van der Waals surface area contributed by atoms with Crippen LogP contribution in [0.5, 0.6) is 5.75 Å². The number of hydrogen-bond donors (Lipinski definition) is 3. The number of carbonyl (C=O) groups is 1. The number of phenolic OH excluding ortho intramolecular Hbond substituents is 1. The molecule has 0 fully saturated rings. The van der Waals surface area contributed by atoms with Crippen LogP contribution in [0.1, 0.15) is 15.9 Å². The Bertz CT molecular complexity index is 834. The van der Waals surface area contributed by atoms with Crippen LogP contribution in [0, 0.1) is 11.6 Å². The molecular formula is C17H14ClF2N3O2. The number of rotatable bonds is 5. The Morgan fingerprint density at radius 1 is 1.28 bits per heavy atom.